The van der Waals surface area contributed by atoms with E-state index in [2.05, 4.69) is 16.9 Å². The van der Waals surface area contributed by atoms with Gasteiger partial charge in [-0.3, -0.25) is 4.98 Å². The van der Waals surface area contributed by atoms with Crippen LogP contribution in [0.1, 0.15) is 19.0 Å². The number of hydrogen-bond acceptors (Lipinski definition) is 3. The van der Waals surface area contributed by atoms with E-state index in [4.69, 9.17) is 16.3 Å². The highest BCUT2D eigenvalue weighted by Gasteiger charge is 2.33. The summed E-state index contributed by atoms with van der Waals surface area (Å²) >= 11 is 5.77. The fourth-order valence-corrected chi connectivity index (χ4v) is 1.65. The molecule has 3 nitrogen and oxygen atoms in total. The molecular weight excluding hydrogens is 188 g/mol. The Morgan fingerprint density at radius 2 is 2.38 bits per heavy atom. The first-order chi connectivity index (χ1) is 6.21. The van der Waals surface area contributed by atoms with Crippen molar-refractivity contribution in [1.29, 1.82) is 0 Å². The van der Waals surface area contributed by atoms with Gasteiger partial charge < -0.3 is 4.74 Å². The zero-order chi connectivity index (χ0) is 9.31. The molecule has 1 fully saturated rings. The lowest BCUT2D eigenvalue weighted by molar-refractivity contribution is 0.180. The van der Waals surface area contributed by atoms with E-state index < -0.39 is 0 Å². The summed E-state index contributed by atoms with van der Waals surface area (Å²) in [5, 5.41) is 0.450. The molecule has 1 atom stereocenters. The van der Waals surface area contributed by atoms with Crippen molar-refractivity contribution in [2.24, 2.45) is 0 Å². The number of halogens is 1. The number of ether oxygens (including phenoxy) is 1. The second-order valence-electron chi connectivity index (χ2n) is 3.59. The molecule has 0 aliphatic carbocycles. The second kappa shape index (κ2) is 3.24. The van der Waals surface area contributed by atoms with Gasteiger partial charge in [-0.25, -0.2) is 4.98 Å². The van der Waals surface area contributed by atoms with Gasteiger partial charge in [-0.1, -0.05) is 18.5 Å². The minimum absolute atomic E-state index is 0.00208. The van der Waals surface area contributed by atoms with Crippen molar-refractivity contribution in [3.63, 3.8) is 0 Å². The van der Waals surface area contributed by atoms with E-state index in [1.165, 1.54) is 0 Å². The number of aromatic nitrogens is 2. The lowest BCUT2D eigenvalue weighted by Crippen LogP contribution is -2.23. The molecule has 1 aromatic rings. The van der Waals surface area contributed by atoms with Gasteiger partial charge in [0.05, 0.1) is 18.5 Å². The van der Waals surface area contributed by atoms with E-state index >= 15 is 0 Å². The molecular formula is C9H11ClN2O. The van der Waals surface area contributed by atoms with Gasteiger partial charge >= 0.3 is 0 Å². The van der Waals surface area contributed by atoms with Crippen LogP contribution in [0.25, 0.3) is 0 Å². The monoisotopic (exact) mass is 198 g/mol. The van der Waals surface area contributed by atoms with E-state index in [1.807, 2.05) is 0 Å². The first kappa shape index (κ1) is 8.91. The van der Waals surface area contributed by atoms with Crippen molar-refractivity contribution in [2.45, 2.75) is 18.8 Å². The number of hydrogen-bond donors (Lipinski definition) is 0. The van der Waals surface area contributed by atoms with Crippen LogP contribution in [0.4, 0.5) is 0 Å². The molecule has 0 radical (unpaired) electrons. The highest BCUT2D eigenvalue weighted by molar-refractivity contribution is 6.29. The molecule has 2 heterocycles. The van der Waals surface area contributed by atoms with Gasteiger partial charge in [0.2, 0.25) is 0 Å². The van der Waals surface area contributed by atoms with Gasteiger partial charge in [0.25, 0.3) is 0 Å². The largest absolute Gasteiger partial charge is 0.380 e. The Hall–Kier alpha value is -0.670. The molecule has 0 spiro atoms. The Balaban J connectivity index is 2.33. The van der Waals surface area contributed by atoms with Crippen molar-refractivity contribution in [2.75, 3.05) is 13.2 Å². The summed E-state index contributed by atoms with van der Waals surface area (Å²) in [6, 6.07) is 0. The normalized spacial score (nSPS) is 27.8. The maximum atomic E-state index is 5.77. The molecule has 0 unspecified atom stereocenters. The third-order valence-corrected chi connectivity index (χ3v) is 2.62. The van der Waals surface area contributed by atoms with Gasteiger partial charge in [-0.15, -0.1) is 0 Å². The molecule has 70 valence electrons. The average molecular weight is 199 g/mol. The highest BCUT2D eigenvalue weighted by Crippen LogP contribution is 2.31. The van der Waals surface area contributed by atoms with Crippen molar-refractivity contribution < 1.29 is 4.74 Å². The predicted molar refractivity (Wildman–Crippen MR) is 49.8 cm³/mol. The maximum Gasteiger partial charge on any atom is 0.147 e. The number of rotatable bonds is 1. The van der Waals surface area contributed by atoms with Crippen LogP contribution in [-0.2, 0) is 10.2 Å². The van der Waals surface area contributed by atoms with E-state index in [9.17, 15) is 0 Å². The molecule has 0 N–H and O–H groups in total. The van der Waals surface area contributed by atoms with E-state index in [1.54, 1.807) is 12.4 Å². The Morgan fingerprint density at radius 1 is 1.54 bits per heavy atom. The predicted octanol–water partition coefficient (Wildman–Crippen LogP) is 1.81. The fourth-order valence-electron chi connectivity index (χ4n) is 1.50. The van der Waals surface area contributed by atoms with Gasteiger partial charge in [0.15, 0.2) is 0 Å². The third-order valence-electron chi connectivity index (χ3n) is 2.44. The van der Waals surface area contributed by atoms with Crippen LogP contribution in [-0.4, -0.2) is 23.2 Å². The Morgan fingerprint density at radius 3 is 3.00 bits per heavy atom. The minimum atomic E-state index is -0.00208. The lowest BCUT2D eigenvalue weighted by Gasteiger charge is -2.19. The summed E-state index contributed by atoms with van der Waals surface area (Å²) in [5.41, 5.74) is 0.926. The molecule has 1 aliphatic rings. The summed E-state index contributed by atoms with van der Waals surface area (Å²) < 4.78 is 5.34. The van der Waals surface area contributed by atoms with Gasteiger partial charge in [-0.2, -0.15) is 0 Å². The average Bonchev–Trinajstić information content (AvgIpc) is 2.54. The maximum absolute atomic E-state index is 5.77. The first-order valence-corrected chi connectivity index (χ1v) is 4.64. The summed E-state index contributed by atoms with van der Waals surface area (Å²) in [6.07, 6.45) is 4.30. The van der Waals surface area contributed by atoms with Crippen molar-refractivity contribution in [3.05, 3.63) is 23.2 Å². The molecule has 1 aliphatic heterocycles. The molecule has 0 amide bonds. The van der Waals surface area contributed by atoms with Crippen molar-refractivity contribution in [1.82, 2.24) is 9.97 Å². The van der Waals surface area contributed by atoms with Crippen LogP contribution >= 0.6 is 11.6 Å². The summed E-state index contributed by atoms with van der Waals surface area (Å²) in [4.78, 5) is 8.27. The molecule has 0 bridgehead atoms. The summed E-state index contributed by atoms with van der Waals surface area (Å²) in [7, 11) is 0. The molecule has 0 saturated carbocycles. The summed E-state index contributed by atoms with van der Waals surface area (Å²) in [6.45, 7) is 3.63. The Bertz CT molecular complexity index is 310. The van der Waals surface area contributed by atoms with Crippen LogP contribution < -0.4 is 0 Å². The third kappa shape index (κ3) is 1.67. The van der Waals surface area contributed by atoms with Crippen molar-refractivity contribution in [3.8, 4) is 0 Å². The highest BCUT2D eigenvalue weighted by atomic mass is 35.5. The van der Waals surface area contributed by atoms with Gasteiger partial charge in [-0.05, 0) is 6.42 Å². The van der Waals surface area contributed by atoms with Crippen LogP contribution in [0.3, 0.4) is 0 Å². The topological polar surface area (TPSA) is 35.0 Å². The van der Waals surface area contributed by atoms with E-state index in [0.29, 0.717) is 11.8 Å². The van der Waals surface area contributed by atoms with E-state index in [-0.39, 0.29) is 5.41 Å². The molecule has 1 aromatic heterocycles. The number of nitrogens with zero attached hydrogens (tertiary/aromatic N) is 2. The van der Waals surface area contributed by atoms with Gasteiger partial charge in [0.1, 0.15) is 5.15 Å². The molecule has 0 aromatic carbocycles. The standard InChI is InChI=1S/C9H11ClN2O/c1-9(2-3-13-6-9)7-4-11-5-8(10)12-7/h4-5H,2-3,6H2,1H3/t9-/m0/s1. The quantitative estimate of drug-likeness (QED) is 0.691. The lowest BCUT2D eigenvalue weighted by atomic mass is 9.86. The Labute approximate surface area is 82.1 Å². The first-order valence-electron chi connectivity index (χ1n) is 4.26. The van der Waals surface area contributed by atoms with Crippen LogP contribution in [0.5, 0.6) is 0 Å². The molecule has 2 rings (SSSR count). The molecule has 13 heavy (non-hydrogen) atoms. The zero-order valence-corrected chi connectivity index (χ0v) is 8.21. The van der Waals surface area contributed by atoms with Gasteiger partial charge in [0, 0.05) is 18.2 Å². The fraction of sp³-hybridized carbons (Fsp3) is 0.556. The SMILES string of the molecule is C[C@]1(c2cncc(Cl)n2)CCOC1. The van der Waals surface area contributed by atoms with Crippen LogP contribution in [0.2, 0.25) is 5.15 Å². The van der Waals surface area contributed by atoms with Crippen LogP contribution in [0.15, 0.2) is 12.4 Å². The second-order valence-corrected chi connectivity index (χ2v) is 3.98. The minimum Gasteiger partial charge on any atom is -0.380 e. The Kier molecular flexibility index (Phi) is 2.22. The molecule has 4 heteroatoms. The molecule has 1 saturated heterocycles. The van der Waals surface area contributed by atoms with Crippen molar-refractivity contribution >= 4 is 11.6 Å². The smallest absolute Gasteiger partial charge is 0.147 e. The van der Waals surface area contributed by atoms with Crippen LogP contribution in [0, 0.1) is 0 Å². The summed E-state index contributed by atoms with van der Waals surface area (Å²) in [5.74, 6) is 0. The van der Waals surface area contributed by atoms with E-state index in [0.717, 1.165) is 18.7 Å². The zero-order valence-electron chi connectivity index (χ0n) is 7.46.